The van der Waals surface area contributed by atoms with Crippen molar-refractivity contribution < 1.29 is 9.52 Å². The van der Waals surface area contributed by atoms with E-state index in [0.717, 1.165) is 16.7 Å². The van der Waals surface area contributed by atoms with Crippen LogP contribution in [-0.4, -0.2) is 5.11 Å². The van der Waals surface area contributed by atoms with Crippen LogP contribution in [0.4, 0.5) is 0 Å². The molecule has 1 N–H and O–H groups in total. The summed E-state index contributed by atoms with van der Waals surface area (Å²) in [6.07, 6.45) is 2.39. The third kappa shape index (κ3) is 2.22. The smallest absolute Gasteiger partial charge is 0.107 e. The monoisotopic (exact) mass is 222 g/mol. The molecule has 1 atom stereocenters. The molecule has 1 heterocycles. The highest BCUT2D eigenvalue weighted by Crippen LogP contribution is 2.25. The van der Waals surface area contributed by atoms with Gasteiger partial charge in [-0.25, -0.2) is 0 Å². The van der Waals surface area contributed by atoms with Gasteiger partial charge in [0.1, 0.15) is 6.10 Å². The van der Waals surface area contributed by atoms with Crippen LogP contribution in [0.15, 0.2) is 41.2 Å². The van der Waals surface area contributed by atoms with Gasteiger partial charge < -0.3 is 9.52 Å². The maximum Gasteiger partial charge on any atom is 0.107 e. The fourth-order valence-corrected chi connectivity index (χ4v) is 1.84. The van der Waals surface area contributed by atoms with Gasteiger partial charge in [0, 0.05) is 10.6 Å². The molecule has 0 aliphatic rings. The predicted molar refractivity (Wildman–Crippen MR) is 59.0 cm³/mol. The Labute approximate surface area is 93.1 Å². The number of rotatable bonds is 2. The first-order valence-electron chi connectivity index (χ1n) is 4.64. The van der Waals surface area contributed by atoms with Gasteiger partial charge in [-0.2, -0.15) is 0 Å². The second kappa shape index (κ2) is 4.09. The molecule has 0 aliphatic heterocycles. The zero-order valence-electron chi connectivity index (χ0n) is 8.27. The molecule has 0 amide bonds. The molecule has 0 bridgehead atoms. The van der Waals surface area contributed by atoms with Crippen molar-refractivity contribution in [3.05, 3.63) is 58.5 Å². The molecule has 0 aliphatic carbocycles. The molecular weight excluding hydrogens is 212 g/mol. The minimum Gasteiger partial charge on any atom is -0.472 e. The molecule has 0 spiro atoms. The lowest BCUT2D eigenvalue weighted by atomic mass is 10.0. The van der Waals surface area contributed by atoms with Crippen LogP contribution in [0.5, 0.6) is 0 Å². The van der Waals surface area contributed by atoms with E-state index < -0.39 is 6.10 Å². The molecule has 0 saturated heterocycles. The average molecular weight is 223 g/mol. The van der Waals surface area contributed by atoms with E-state index in [2.05, 4.69) is 0 Å². The van der Waals surface area contributed by atoms with Crippen molar-refractivity contribution in [2.75, 3.05) is 0 Å². The highest BCUT2D eigenvalue weighted by molar-refractivity contribution is 6.30. The summed E-state index contributed by atoms with van der Waals surface area (Å²) in [5, 5.41) is 10.6. The van der Waals surface area contributed by atoms with Gasteiger partial charge in [0.05, 0.1) is 12.5 Å². The standard InChI is InChI=1S/C12H11ClO2/c1-8-4-10(6-11(13)5-8)12(14)9-2-3-15-7-9/h2-7,12,14H,1H3. The first-order valence-corrected chi connectivity index (χ1v) is 5.02. The van der Waals surface area contributed by atoms with Gasteiger partial charge in [0.25, 0.3) is 0 Å². The minimum absolute atomic E-state index is 0.632. The summed E-state index contributed by atoms with van der Waals surface area (Å²) in [5.74, 6) is 0. The van der Waals surface area contributed by atoms with Crippen molar-refractivity contribution in [1.29, 1.82) is 0 Å². The summed E-state index contributed by atoms with van der Waals surface area (Å²) in [6, 6.07) is 7.25. The Morgan fingerprint density at radius 1 is 1.27 bits per heavy atom. The fourth-order valence-electron chi connectivity index (χ4n) is 1.55. The highest BCUT2D eigenvalue weighted by Gasteiger charge is 2.12. The number of hydrogen-bond donors (Lipinski definition) is 1. The SMILES string of the molecule is Cc1cc(Cl)cc(C(O)c2ccoc2)c1. The molecule has 1 unspecified atom stereocenters. The molecule has 2 nitrogen and oxygen atoms in total. The molecule has 78 valence electrons. The van der Waals surface area contributed by atoms with Crippen molar-refractivity contribution in [3.8, 4) is 0 Å². The summed E-state index contributed by atoms with van der Waals surface area (Å²) >= 11 is 5.92. The maximum absolute atomic E-state index is 10.0. The molecule has 1 aromatic heterocycles. The summed E-state index contributed by atoms with van der Waals surface area (Å²) < 4.78 is 4.92. The number of benzene rings is 1. The number of furan rings is 1. The second-order valence-electron chi connectivity index (χ2n) is 3.52. The number of halogens is 1. The predicted octanol–water partition coefficient (Wildman–Crippen LogP) is 3.32. The number of aliphatic hydroxyl groups excluding tert-OH is 1. The zero-order valence-corrected chi connectivity index (χ0v) is 9.03. The second-order valence-corrected chi connectivity index (χ2v) is 3.96. The summed E-state index contributed by atoms with van der Waals surface area (Å²) in [6.45, 7) is 1.94. The molecule has 1 aromatic carbocycles. The zero-order chi connectivity index (χ0) is 10.8. The van der Waals surface area contributed by atoms with E-state index in [1.165, 1.54) is 12.5 Å². The molecular formula is C12H11ClO2. The van der Waals surface area contributed by atoms with E-state index in [1.807, 2.05) is 19.1 Å². The van der Waals surface area contributed by atoms with E-state index in [0.29, 0.717) is 5.02 Å². The van der Waals surface area contributed by atoms with Crippen molar-refractivity contribution in [3.63, 3.8) is 0 Å². The van der Waals surface area contributed by atoms with Crippen LogP contribution in [0, 0.1) is 6.92 Å². The Balaban J connectivity index is 2.37. The first-order chi connectivity index (χ1) is 7.16. The average Bonchev–Trinajstić information content (AvgIpc) is 2.67. The van der Waals surface area contributed by atoms with Crippen molar-refractivity contribution in [1.82, 2.24) is 0 Å². The summed E-state index contributed by atoms with van der Waals surface area (Å²) in [5.41, 5.74) is 2.54. The molecule has 0 radical (unpaired) electrons. The Kier molecular flexibility index (Phi) is 2.80. The number of aryl methyl sites for hydroxylation is 1. The van der Waals surface area contributed by atoms with Crippen LogP contribution in [-0.2, 0) is 0 Å². The van der Waals surface area contributed by atoms with Gasteiger partial charge in [-0.15, -0.1) is 0 Å². The fraction of sp³-hybridized carbons (Fsp3) is 0.167. The van der Waals surface area contributed by atoms with Crippen LogP contribution in [0.1, 0.15) is 22.8 Å². The Morgan fingerprint density at radius 2 is 2.07 bits per heavy atom. The quantitative estimate of drug-likeness (QED) is 0.846. The Bertz CT molecular complexity index is 428. The van der Waals surface area contributed by atoms with E-state index in [9.17, 15) is 5.11 Å². The van der Waals surface area contributed by atoms with E-state index in [4.69, 9.17) is 16.0 Å². The van der Waals surface area contributed by atoms with Crippen molar-refractivity contribution in [2.24, 2.45) is 0 Å². The number of aliphatic hydroxyl groups is 1. The summed E-state index contributed by atoms with van der Waals surface area (Å²) in [4.78, 5) is 0. The van der Waals surface area contributed by atoms with Crippen molar-refractivity contribution in [2.45, 2.75) is 13.0 Å². The summed E-state index contributed by atoms with van der Waals surface area (Å²) in [7, 11) is 0. The van der Waals surface area contributed by atoms with Gasteiger partial charge >= 0.3 is 0 Å². The maximum atomic E-state index is 10.0. The first kappa shape index (κ1) is 10.3. The van der Waals surface area contributed by atoms with Gasteiger partial charge in [-0.1, -0.05) is 17.7 Å². The molecule has 3 heteroatoms. The van der Waals surface area contributed by atoms with Crippen LogP contribution < -0.4 is 0 Å². The van der Waals surface area contributed by atoms with Crippen LogP contribution in [0.25, 0.3) is 0 Å². The molecule has 2 rings (SSSR count). The van der Waals surface area contributed by atoms with Gasteiger partial charge in [0.2, 0.25) is 0 Å². The minimum atomic E-state index is -0.679. The van der Waals surface area contributed by atoms with Gasteiger partial charge in [0.15, 0.2) is 0 Å². The Morgan fingerprint density at radius 3 is 2.67 bits per heavy atom. The lowest BCUT2D eigenvalue weighted by Crippen LogP contribution is -1.98. The van der Waals surface area contributed by atoms with E-state index in [1.54, 1.807) is 12.1 Å². The van der Waals surface area contributed by atoms with Crippen LogP contribution in [0.2, 0.25) is 5.02 Å². The molecule has 2 aromatic rings. The van der Waals surface area contributed by atoms with Crippen molar-refractivity contribution >= 4 is 11.6 Å². The molecule has 15 heavy (non-hydrogen) atoms. The van der Waals surface area contributed by atoms with E-state index in [-0.39, 0.29) is 0 Å². The lowest BCUT2D eigenvalue weighted by molar-refractivity contribution is 0.219. The largest absolute Gasteiger partial charge is 0.472 e. The third-order valence-electron chi connectivity index (χ3n) is 2.24. The Hall–Kier alpha value is -1.25. The normalized spacial score (nSPS) is 12.7. The highest BCUT2D eigenvalue weighted by atomic mass is 35.5. The van der Waals surface area contributed by atoms with E-state index >= 15 is 0 Å². The topological polar surface area (TPSA) is 33.4 Å². The van der Waals surface area contributed by atoms with Crippen LogP contribution in [0.3, 0.4) is 0 Å². The van der Waals surface area contributed by atoms with Gasteiger partial charge in [-0.05, 0) is 36.2 Å². The number of hydrogen-bond acceptors (Lipinski definition) is 2. The third-order valence-corrected chi connectivity index (χ3v) is 2.46. The molecule has 0 fully saturated rings. The van der Waals surface area contributed by atoms with Crippen LogP contribution >= 0.6 is 11.6 Å². The van der Waals surface area contributed by atoms with Gasteiger partial charge in [-0.3, -0.25) is 0 Å². The lowest BCUT2D eigenvalue weighted by Gasteiger charge is -2.10. The molecule has 0 saturated carbocycles.